The number of carbonyl (C=O) groups is 1. The molecule has 20 heavy (non-hydrogen) atoms. The molecule has 2 aliphatic rings. The van der Waals surface area contributed by atoms with Gasteiger partial charge in [-0.05, 0) is 30.5 Å². The average Bonchev–Trinajstić information content (AvgIpc) is 2.86. The molecular formula is C13H17N3O3S. The number of sulfonamides is 1. The molecule has 6 nitrogen and oxygen atoms in total. The molecule has 0 bridgehead atoms. The second-order valence-corrected chi connectivity index (χ2v) is 7.17. The molecule has 2 aliphatic heterocycles. The Morgan fingerprint density at radius 1 is 1.35 bits per heavy atom. The van der Waals surface area contributed by atoms with Gasteiger partial charge in [-0.1, -0.05) is 6.07 Å². The fraction of sp³-hybridized carbons (Fsp3) is 0.462. The van der Waals surface area contributed by atoms with Crippen molar-refractivity contribution < 1.29 is 13.2 Å². The van der Waals surface area contributed by atoms with E-state index >= 15 is 0 Å². The maximum Gasteiger partial charge on any atom is 0.251 e. The van der Waals surface area contributed by atoms with E-state index in [1.54, 1.807) is 12.1 Å². The zero-order valence-corrected chi connectivity index (χ0v) is 11.8. The summed E-state index contributed by atoms with van der Waals surface area (Å²) in [6, 6.07) is 4.68. The highest BCUT2D eigenvalue weighted by Gasteiger charge is 2.32. The molecule has 1 atom stereocenters. The van der Waals surface area contributed by atoms with Gasteiger partial charge in [0.05, 0.1) is 4.90 Å². The molecule has 1 unspecified atom stereocenters. The molecule has 108 valence electrons. The van der Waals surface area contributed by atoms with Gasteiger partial charge in [-0.25, -0.2) is 8.42 Å². The summed E-state index contributed by atoms with van der Waals surface area (Å²) in [5, 5.41) is 2.73. The fourth-order valence-electron chi connectivity index (χ4n) is 2.67. The van der Waals surface area contributed by atoms with Crippen LogP contribution in [0.15, 0.2) is 23.1 Å². The van der Waals surface area contributed by atoms with E-state index < -0.39 is 10.0 Å². The molecule has 0 aliphatic carbocycles. The van der Waals surface area contributed by atoms with Crippen molar-refractivity contribution in [3.8, 4) is 0 Å². The molecule has 3 N–H and O–H groups in total. The quantitative estimate of drug-likeness (QED) is 0.783. The van der Waals surface area contributed by atoms with E-state index in [1.165, 1.54) is 10.4 Å². The van der Waals surface area contributed by atoms with Crippen LogP contribution in [0, 0.1) is 0 Å². The minimum absolute atomic E-state index is 0.106. The van der Waals surface area contributed by atoms with Crippen molar-refractivity contribution in [3.63, 3.8) is 0 Å². The van der Waals surface area contributed by atoms with Crippen LogP contribution in [0.1, 0.15) is 22.3 Å². The van der Waals surface area contributed by atoms with Crippen molar-refractivity contribution in [2.45, 2.75) is 23.8 Å². The highest BCUT2D eigenvalue weighted by Crippen LogP contribution is 2.24. The normalized spacial score (nSPS) is 23.4. The second-order valence-electron chi connectivity index (χ2n) is 5.24. The molecule has 1 amide bonds. The van der Waals surface area contributed by atoms with Crippen LogP contribution in [-0.4, -0.2) is 44.3 Å². The Labute approximate surface area is 118 Å². The summed E-state index contributed by atoms with van der Waals surface area (Å²) in [6.07, 6.45) is 1.40. The number of fused-ring (bicyclic) bond motifs is 1. The number of hydrogen-bond acceptors (Lipinski definition) is 4. The van der Waals surface area contributed by atoms with Crippen LogP contribution in [0.4, 0.5) is 0 Å². The summed E-state index contributed by atoms with van der Waals surface area (Å²) in [6.45, 7) is 1.37. The van der Waals surface area contributed by atoms with Crippen molar-refractivity contribution in [1.82, 2.24) is 9.62 Å². The van der Waals surface area contributed by atoms with E-state index in [4.69, 9.17) is 5.73 Å². The lowest BCUT2D eigenvalue weighted by atomic mass is 10.0. The number of carbonyl (C=O) groups excluding carboxylic acids is 1. The van der Waals surface area contributed by atoms with Crippen LogP contribution < -0.4 is 11.1 Å². The summed E-state index contributed by atoms with van der Waals surface area (Å²) < 4.78 is 26.4. The lowest BCUT2D eigenvalue weighted by Crippen LogP contribution is -2.34. The first-order chi connectivity index (χ1) is 9.48. The number of nitrogens with one attached hydrogen (secondary N) is 1. The Hall–Kier alpha value is -1.44. The summed E-state index contributed by atoms with van der Waals surface area (Å²) >= 11 is 0. The van der Waals surface area contributed by atoms with Crippen molar-refractivity contribution in [1.29, 1.82) is 0 Å². The highest BCUT2D eigenvalue weighted by atomic mass is 32.2. The Morgan fingerprint density at radius 3 is 2.85 bits per heavy atom. The van der Waals surface area contributed by atoms with E-state index in [2.05, 4.69) is 5.32 Å². The van der Waals surface area contributed by atoms with E-state index in [-0.39, 0.29) is 16.8 Å². The third kappa shape index (κ3) is 2.21. The summed E-state index contributed by atoms with van der Waals surface area (Å²) in [4.78, 5) is 12.0. The molecule has 0 aromatic heterocycles. The van der Waals surface area contributed by atoms with E-state index in [1.807, 2.05) is 0 Å². The number of amides is 1. The molecule has 0 spiro atoms. The topological polar surface area (TPSA) is 92.5 Å². The van der Waals surface area contributed by atoms with Crippen molar-refractivity contribution >= 4 is 15.9 Å². The van der Waals surface area contributed by atoms with Gasteiger partial charge in [0.1, 0.15) is 0 Å². The SMILES string of the molecule is NC1CCN(S(=O)(=O)c2ccc3c(c2)C(=O)NCC3)C1. The predicted octanol–water partition coefficient (Wildman–Crippen LogP) is -0.306. The molecule has 0 radical (unpaired) electrons. The van der Waals surface area contributed by atoms with Crippen molar-refractivity contribution in [3.05, 3.63) is 29.3 Å². The smallest absolute Gasteiger partial charge is 0.251 e. The molecule has 3 rings (SSSR count). The van der Waals surface area contributed by atoms with Crippen LogP contribution in [0.25, 0.3) is 0 Å². The highest BCUT2D eigenvalue weighted by molar-refractivity contribution is 7.89. The third-order valence-corrected chi connectivity index (χ3v) is 5.69. The van der Waals surface area contributed by atoms with E-state index in [9.17, 15) is 13.2 Å². The second kappa shape index (κ2) is 4.83. The molecule has 0 saturated carbocycles. The number of hydrogen-bond donors (Lipinski definition) is 2. The largest absolute Gasteiger partial charge is 0.352 e. The zero-order chi connectivity index (χ0) is 14.3. The number of nitrogens with two attached hydrogens (primary N) is 1. The fourth-order valence-corrected chi connectivity index (χ4v) is 4.21. The maximum absolute atomic E-state index is 12.5. The van der Waals surface area contributed by atoms with E-state index in [0.717, 1.165) is 12.0 Å². The number of rotatable bonds is 2. The van der Waals surface area contributed by atoms with Gasteiger partial charge in [0.2, 0.25) is 10.0 Å². The van der Waals surface area contributed by atoms with Gasteiger partial charge in [0.25, 0.3) is 5.91 Å². The molecule has 2 heterocycles. The van der Waals surface area contributed by atoms with Crippen LogP contribution in [0.5, 0.6) is 0 Å². The van der Waals surface area contributed by atoms with Crippen LogP contribution in [0.2, 0.25) is 0 Å². The lowest BCUT2D eigenvalue weighted by Gasteiger charge is -2.20. The summed E-state index contributed by atoms with van der Waals surface area (Å²) in [5.74, 6) is -0.207. The van der Waals surface area contributed by atoms with Crippen LogP contribution >= 0.6 is 0 Å². The Morgan fingerprint density at radius 2 is 2.15 bits per heavy atom. The first-order valence-corrected chi connectivity index (χ1v) is 8.09. The third-order valence-electron chi connectivity index (χ3n) is 3.83. The monoisotopic (exact) mass is 295 g/mol. The van der Waals surface area contributed by atoms with Gasteiger partial charge in [0.15, 0.2) is 0 Å². The Kier molecular flexibility index (Phi) is 3.27. The Bertz CT molecular complexity index is 657. The molecule has 1 fully saturated rings. The standard InChI is InChI=1S/C13H17N3O3S/c14-10-4-6-16(8-10)20(18,19)11-2-1-9-3-5-15-13(17)12(9)7-11/h1-2,7,10H,3-6,8,14H2,(H,15,17). The first kappa shape index (κ1) is 13.5. The molecule has 7 heteroatoms. The molecule has 1 saturated heterocycles. The average molecular weight is 295 g/mol. The minimum Gasteiger partial charge on any atom is -0.352 e. The van der Waals surface area contributed by atoms with Gasteiger partial charge < -0.3 is 11.1 Å². The molecular weight excluding hydrogens is 278 g/mol. The van der Waals surface area contributed by atoms with Crippen molar-refractivity contribution in [2.75, 3.05) is 19.6 Å². The summed E-state index contributed by atoms with van der Waals surface area (Å²) in [7, 11) is -3.56. The minimum atomic E-state index is -3.56. The zero-order valence-electron chi connectivity index (χ0n) is 11.0. The van der Waals surface area contributed by atoms with Gasteiger partial charge in [-0.15, -0.1) is 0 Å². The maximum atomic E-state index is 12.5. The Balaban J connectivity index is 1.98. The van der Waals surface area contributed by atoms with Crippen LogP contribution in [-0.2, 0) is 16.4 Å². The van der Waals surface area contributed by atoms with E-state index in [0.29, 0.717) is 31.6 Å². The molecule has 1 aromatic carbocycles. The van der Waals surface area contributed by atoms with Crippen molar-refractivity contribution in [2.24, 2.45) is 5.73 Å². The predicted molar refractivity (Wildman–Crippen MR) is 73.8 cm³/mol. The van der Waals surface area contributed by atoms with Crippen LogP contribution in [0.3, 0.4) is 0 Å². The van der Waals surface area contributed by atoms with Gasteiger partial charge in [-0.2, -0.15) is 4.31 Å². The van der Waals surface area contributed by atoms with Gasteiger partial charge >= 0.3 is 0 Å². The first-order valence-electron chi connectivity index (χ1n) is 6.65. The number of nitrogens with zero attached hydrogens (tertiary/aromatic N) is 1. The molecule has 1 aromatic rings. The number of benzene rings is 1. The van der Waals surface area contributed by atoms with Gasteiger partial charge in [-0.3, -0.25) is 4.79 Å². The van der Waals surface area contributed by atoms with Gasteiger partial charge in [0, 0.05) is 31.2 Å². The summed E-state index contributed by atoms with van der Waals surface area (Å²) in [5.41, 5.74) is 7.12. The lowest BCUT2D eigenvalue weighted by molar-refractivity contribution is 0.0945.